The molecule has 1 aliphatic heterocycles. The third-order valence-corrected chi connectivity index (χ3v) is 6.67. The Labute approximate surface area is 206 Å². The van der Waals surface area contributed by atoms with E-state index in [-0.39, 0.29) is 5.91 Å². The van der Waals surface area contributed by atoms with Gasteiger partial charge in [0.2, 0.25) is 0 Å². The van der Waals surface area contributed by atoms with E-state index in [0.29, 0.717) is 23.0 Å². The van der Waals surface area contributed by atoms with Gasteiger partial charge in [0.25, 0.3) is 5.91 Å². The molecule has 0 atom stereocenters. The summed E-state index contributed by atoms with van der Waals surface area (Å²) >= 11 is 5.98. The molecule has 1 aliphatic rings. The molecule has 178 valence electrons. The summed E-state index contributed by atoms with van der Waals surface area (Å²) in [5.41, 5.74) is 4.27. The standard InChI is InChI=1S/C28H31ClN2O3/c1-33-26-11-8-21(16-27(26)34-2)19-31-14-12-23(13-15-31)22-9-6-20(7-10-22)18-30-28(32)24-4-3-5-25(29)17-24/h3-11,16-17,23H,12-15,18-19H2,1-2H3,(H,30,32). The van der Waals surface area contributed by atoms with Crippen LogP contribution < -0.4 is 14.8 Å². The number of hydrogen-bond donors (Lipinski definition) is 1. The van der Waals surface area contributed by atoms with Crippen molar-refractivity contribution in [2.45, 2.75) is 31.8 Å². The van der Waals surface area contributed by atoms with Crippen molar-refractivity contribution in [3.8, 4) is 11.5 Å². The molecule has 1 N–H and O–H groups in total. The number of hydrogen-bond acceptors (Lipinski definition) is 4. The Kier molecular flexibility index (Phi) is 8.09. The van der Waals surface area contributed by atoms with E-state index < -0.39 is 0 Å². The van der Waals surface area contributed by atoms with Gasteiger partial charge in [0, 0.05) is 23.7 Å². The van der Waals surface area contributed by atoms with Gasteiger partial charge in [-0.05, 0) is 78.9 Å². The van der Waals surface area contributed by atoms with Crippen molar-refractivity contribution in [2.75, 3.05) is 27.3 Å². The summed E-state index contributed by atoms with van der Waals surface area (Å²) in [7, 11) is 3.33. The predicted molar refractivity (Wildman–Crippen MR) is 136 cm³/mol. The largest absolute Gasteiger partial charge is 0.493 e. The van der Waals surface area contributed by atoms with E-state index in [1.54, 1.807) is 38.5 Å². The van der Waals surface area contributed by atoms with Crippen LogP contribution in [0, 0.1) is 0 Å². The molecule has 34 heavy (non-hydrogen) atoms. The molecule has 5 nitrogen and oxygen atoms in total. The number of methoxy groups -OCH3 is 2. The maximum Gasteiger partial charge on any atom is 0.251 e. The highest BCUT2D eigenvalue weighted by Crippen LogP contribution is 2.31. The maximum absolute atomic E-state index is 12.3. The summed E-state index contributed by atoms with van der Waals surface area (Å²) in [6.07, 6.45) is 2.27. The number of carbonyl (C=O) groups is 1. The van der Waals surface area contributed by atoms with E-state index in [4.69, 9.17) is 21.1 Å². The van der Waals surface area contributed by atoms with E-state index >= 15 is 0 Å². The van der Waals surface area contributed by atoms with Crippen LogP contribution in [0.4, 0.5) is 0 Å². The number of halogens is 1. The third-order valence-electron chi connectivity index (χ3n) is 6.43. The molecular formula is C28H31ClN2O3. The molecule has 0 saturated carbocycles. The molecule has 1 fully saturated rings. The normalized spacial score (nSPS) is 14.6. The molecule has 3 aromatic rings. The second-order valence-electron chi connectivity index (χ2n) is 8.67. The lowest BCUT2D eigenvalue weighted by molar-refractivity contribution is 0.0951. The molecule has 1 amide bonds. The number of benzene rings is 3. The minimum absolute atomic E-state index is 0.117. The van der Waals surface area contributed by atoms with Gasteiger partial charge in [0.1, 0.15) is 0 Å². The zero-order valence-corrected chi connectivity index (χ0v) is 20.5. The van der Waals surface area contributed by atoms with Crippen molar-refractivity contribution in [3.05, 3.63) is 94.0 Å². The average molecular weight is 479 g/mol. The summed E-state index contributed by atoms with van der Waals surface area (Å²) < 4.78 is 10.8. The van der Waals surface area contributed by atoms with Crippen LogP contribution in [0.1, 0.15) is 45.8 Å². The molecule has 0 radical (unpaired) electrons. The van der Waals surface area contributed by atoms with E-state index in [0.717, 1.165) is 49.5 Å². The minimum Gasteiger partial charge on any atom is -0.493 e. The second-order valence-corrected chi connectivity index (χ2v) is 9.11. The zero-order chi connectivity index (χ0) is 23.9. The number of nitrogens with zero attached hydrogens (tertiary/aromatic N) is 1. The Balaban J connectivity index is 1.26. The molecule has 0 unspecified atom stereocenters. The molecule has 4 rings (SSSR count). The summed E-state index contributed by atoms with van der Waals surface area (Å²) in [6.45, 7) is 3.54. The van der Waals surface area contributed by atoms with Crippen molar-refractivity contribution in [1.29, 1.82) is 0 Å². The SMILES string of the molecule is COc1ccc(CN2CCC(c3ccc(CNC(=O)c4cccc(Cl)c4)cc3)CC2)cc1OC. The van der Waals surface area contributed by atoms with Gasteiger partial charge >= 0.3 is 0 Å². The summed E-state index contributed by atoms with van der Waals surface area (Å²) in [6, 6.07) is 21.8. The number of amides is 1. The molecule has 0 aliphatic carbocycles. The van der Waals surface area contributed by atoms with Gasteiger partial charge in [0.05, 0.1) is 14.2 Å². The van der Waals surface area contributed by atoms with Gasteiger partial charge in [-0.25, -0.2) is 0 Å². The van der Waals surface area contributed by atoms with Crippen molar-refractivity contribution in [1.82, 2.24) is 10.2 Å². The maximum atomic E-state index is 12.3. The number of rotatable bonds is 8. The Morgan fingerprint density at radius 3 is 2.32 bits per heavy atom. The van der Waals surface area contributed by atoms with Gasteiger partial charge in [-0.15, -0.1) is 0 Å². The van der Waals surface area contributed by atoms with E-state index in [9.17, 15) is 4.79 Å². The van der Waals surface area contributed by atoms with Crippen LogP contribution in [0.5, 0.6) is 11.5 Å². The number of likely N-dealkylation sites (tertiary alicyclic amines) is 1. The predicted octanol–water partition coefficient (Wildman–Crippen LogP) is 5.67. The molecule has 0 bridgehead atoms. The molecular weight excluding hydrogens is 448 g/mol. The van der Waals surface area contributed by atoms with Crippen molar-refractivity contribution in [3.63, 3.8) is 0 Å². The lowest BCUT2D eigenvalue weighted by Gasteiger charge is -2.32. The Morgan fingerprint density at radius 2 is 1.65 bits per heavy atom. The smallest absolute Gasteiger partial charge is 0.251 e. The molecule has 1 heterocycles. The molecule has 0 spiro atoms. The zero-order valence-electron chi connectivity index (χ0n) is 19.7. The molecule has 3 aromatic carbocycles. The quantitative estimate of drug-likeness (QED) is 0.453. The summed E-state index contributed by atoms with van der Waals surface area (Å²) in [5, 5.41) is 3.53. The first-order valence-electron chi connectivity index (χ1n) is 11.6. The van der Waals surface area contributed by atoms with Crippen LogP contribution in [0.2, 0.25) is 5.02 Å². The van der Waals surface area contributed by atoms with Crippen LogP contribution in [0.25, 0.3) is 0 Å². The first kappa shape index (κ1) is 24.1. The fraction of sp³-hybridized carbons (Fsp3) is 0.321. The Morgan fingerprint density at radius 1 is 0.941 bits per heavy atom. The van der Waals surface area contributed by atoms with Crippen LogP contribution >= 0.6 is 11.6 Å². The van der Waals surface area contributed by atoms with E-state index in [2.05, 4.69) is 46.6 Å². The lowest BCUT2D eigenvalue weighted by atomic mass is 9.89. The number of ether oxygens (including phenoxy) is 2. The monoisotopic (exact) mass is 478 g/mol. The number of nitrogens with one attached hydrogen (secondary N) is 1. The fourth-order valence-corrected chi connectivity index (χ4v) is 4.67. The van der Waals surface area contributed by atoms with Gasteiger partial charge in [-0.1, -0.05) is 48.0 Å². The van der Waals surface area contributed by atoms with Gasteiger partial charge in [-0.2, -0.15) is 0 Å². The van der Waals surface area contributed by atoms with E-state index in [1.807, 2.05) is 6.07 Å². The number of piperidine rings is 1. The van der Waals surface area contributed by atoms with Gasteiger partial charge in [-0.3, -0.25) is 9.69 Å². The highest BCUT2D eigenvalue weighted by atomic mass is 35.5. The first-order valence-corrected chi connectivity index (χ1v) is 12.0. The van der Waals surface area contributed by atoms with Crippen LogP contribution in [-0.4, -0.2) is 38.1 Å². The van der Waals surface area contributed by atoms with Gasteiger partial charge in [0.15, 0.2) is 11.5 Å². The van der Waals surface area contributed by atoms with Crippen LogP contribution in [0.3, 0.4) is 0 Å². The first-order chi connectivity index (χ1) is 16.6. The van der Waals surface area contributed by atoms with Gasteiger partial charge < -0.3 is 14.8 Å². The van der Waals surface area contributed by atoms with E-state index in [1.165, 1.54) is 11.1 Å². The van der Waals surface area contributed by atoms with Crippen LogP contribution in [0.15, 0.2) is 66.7 Å². The van der Waals surface area contributed by atoms with Crippen LogP contribution in [-0.2, 0) is 13.1 Å². The topological polar surface area (TPSA) is 50.8 Å². The third kappa shape index (κ3) is 6.10. The molecule has 0 aromatic heterocycles. The number of carbonyl (C=O) groups excluding carboxylic acids is 1. The lowest BCUT2D eigenvalue weighted by Crippen LogP contribution is -2.32. The minimum atomic E-state index is -0.117. The second kappa shape index (κ2) is 11.4. The van der Waals surface area contributed by atoms with Crippen molar-refractivity contribution in [2.24, 2.45) is 0 Å². The highest BCUT2D eigenvalue weighted by Gasteiger charge is 2.21. The fourth-order valence-electron chi connectivity index (χ4n) is 4.48. The van der Waals surface area contributed by atoms with Crippen molar-refractivity contribution >= 4 is 17.5 Å². The highest BCUT2D eigenvalue weighted by molar-refractivity contribution is 6.30. The van der Waals surface area contributed by atoms with Crippen molar-refractivity contribution < 1.29 is 14.3 Å². The summed E-state index contributed by atoms with van der Waals surface area (Å²) in [4.78, 5) is 14.8. The summed E-state index contributed by atoms with van der Waals surface area (Å²) in [5.74, 6) is 1.99. The Bertz CT molecular complexity index is 1110. The average Bonchev–Trinajstić information content (AvgIpc) is 2.88. The molecule has 1 saturated heterocycles. The Hall–Kier alpha value is -3.02. The molecule has 6 heteroatoms.